The zero-order valence-electron chi connectivity index (χ0n) is 11.7. The molecule has 1 N–H and O–H groups in total. The first-order valence-corrected chi connectivity index (χ1v) is 7.89. The van der Waals surface area contributed by atoms with Crippen LogP contribution in [0.5, 0.6) is 0 Å². The van der Waals surface area contributed by atoms with Gasteiger partial charge in [0.2, 0.25) is 0 Å². The Labute approximate surface area is 119 Å². The van der Waals surface area contributed by atoms with E-state index in [9.17, 15) is 0 Å². The van der Waals surface area contributed by atoms with Crippen LogP contribution in [0.3, 0.4) is 0 Å². The van der Waals surface area contributed by atoms with Crippen LogP contribution in [0.2, 0.25) is 0 Å². The second kappa shape index (κ2) is 6.51. The predicted octanol–water partition coefficient (Wildman–Crippen LogP) is 3.45. The highest BCUT2D eigenvalue weighted by atomic mass is 32.1. The molecule has 1 aliphatic rings. The van der Waals surface area contributed by atoms with Crippen molar-refractivity contribution in [3.8, 4) is 6.07 Å². The molecule has 19 heavy (non-hydrogen) atoms. The van der Waals surface area contributed by atoms with Gasteiger partial charge in [0.1, 0.15) is 10.9 Å². The summed E-state index contributed by atoms with van der Waals surface area (Å²) in [6.45, 7) is 6.14. The van der Waals surface area contributed by atoms with Gasteiger partial charge in [-0.15, -0.1) is 11.3 Å². The summed E-state index contributed by atoms with van der Waals surface area (Å²) in [6.07, 6.45) is 4.34. The normalized spacial score (nSPS) is 22.1. The fourth-order valence-electron chi connectivity index (χ4n) is 2.72. The van der Waals surface area contributed by atoms with Crippen molar-refractivity contribution < 1.29 is 4.74 Å². The minimum absolute atomic E-state index is 0.0726. The summed E-state index contributed by atoms with van der Waals surface area (Å²) < 4.78 is 5.99. The van der Waals surface area contributed by atoms with Crippen LogP contribution in [0.4, 0.5) is 0 Å². The highest BCUT2D eigenvalue weighted by Crippen LogP contribution is 2.31. The molecular formula is C15H22N2OS. The standard InChI is InChI=1S/C15H22N2OS/c1-3-15(4-2)9-12(7-8-18-15)17-11-14-6-5-13(10-16)19-14/h5-6,12,17H,3-4,7-9,11H2,1-2H3. The van der Waals surface area contributed by atoms with E-state index in [-0.39, 0.29) is 5.60 Å². The Morgan fingerprint density at radius 1 is 1.47 bits per heavy atom. The predicted molar refractivity (Wildman–Crippen MR) is 78.2 cm³/mol. The largest absolute Gasteiger partial charge is 0.375 e. The van der Waals surface area contributed by atoms with E-state index in [0.717, 1.165) is 43.7 Å². The van der Waals surface area contributed by atoms with Crippen molar-refractivity contribution in [2.75, 3.05) is 6.61 Å². The molecule has 1 fully saturated rings. The number of nitrogens with one attached hydrogen (secondary N) is 1. The number of ether oxygens (including phenoxy) is 1. The molecule has 0 saturated carbocycles. The molecule has 0 radical (unpaired) electrons. The summed E-state index contributed by atoms with van der Waals surface area (Å²) in [5.74, 6) is 0. The van der Waals surface area contributed by atoms with Gasteiger partial charge in [0.05, 0.1) is 5.60 Å². The summed E-state index contributed by atoms with van der Waals surface area (Å²) in [5, 5.41) is 12.4. The number of nitriles is 1. The average Bonchev–Trinajstić information content (AvgIpc) is 2.93. The molecule has 1 unspecified atom stereocenters. The van der Waals surface area contributed by atoms with E-state index in [1.54, 1.807) is 11.3 Å². The topological polar surface area (TPSA) is 45.0 Å². The molecule has 1 atom stereocenters. The van der Waals surface area contributed by atoms with Crippen molar-refractivity contribution >= 4 is 11.3 Å². The van der Waals surface area contributed by atoms with Crippen LogP contribution in [-0.4, -0.2) is 18.2 Å². The summed E-state index contributed by atoms with van der Waals surface area (Å²) in [5.41, 5.74) is 0.0726. The Hall–Kier alpha value is -0.890. The summed E-state index contributed by atoms with van der Waals surface area (Å²) >= 11 is 1.58. The maximum absolute atomic E-state index is 8.82. The van der Waals surface area contributed by atoms with Crippen LogP contribution in [-0.2, 0) is 11.3 Å². The van der Waals surface area contributed by atoms with Crippen molar-refractivity contribution in [1.82, 2.24) is 5.32 Å². The van der Waals surface area contributed by atoms with Gasteiger partial charge in [0.25, 0.3) is 0 Å². The van der Waals surface area contributed by atoms with Crippen molar-refractivity contribution in [1.29, 1.82) is 5.26 Å². The zero-order valence-corrected chi connectivity index (χ0v) is 12.6. The molecule has 0 aromatic carbocycles. The molecule has 4 heteroatoms. The van der Waals surface area contributed by atoms with E-state index in [0.29, 0.717) is 6.04 Å². The first-order valence-electron chi connectivity index (χ1n) is 7.07. The second-order valence-corrected chi connectivity index (χ2v) is 6.36. The lowest BCUT2D eigenvalue weighted by atomic mass is 9.86. The molecule has 0 bridgehead atoms. The van der Waals surface area contributed by atoms with Gasteiger partial charge in [0.15, 0.2) is 0 Å². The molecule has 2 rings (SSSR count). The number of hydrogen-bond donors (Lipinski definition) is 1. The highest BCUT2D eigenvalue weighted by molar-refractivity contribution is 7.12. The maximum atomic E-state index is 8.82. The van der Waals surface area contributed by atoms with E-state index < -0.39 is 0 Å². The second-order valence-electron chi connectivity index (χ2n) is 5.19. The van der Waals surface area contributed by atoms with E-state index >= 15 is 0 Å². The third-order valence-electron chi connectivity index (χ3n) is 4.12. The van der Waals surface area contributed by atoms with Gasteiger partial charge in [-0.2, -0.15) is 5.26 Å². The molecule has 1 aliphatic heterocycles. The van der Waals surface area contributed by atoms with Crippen LogP contribution in [0.1, 0.15) is 49.3 Å². The number of hydrogen-bond acceptors (Lipinski definition) is 4. The van der Waals surface area contributed by atoms with Gasteiger partial charge in [-0.3, -0.25) is 0 Å². The Balaban J connectivity index is 1.87. The molecule has 0 spiro atoms. The van der Waals surface area contributed by atoms with Gasteiger partial charge in [-0.25, -0.2) is 0 Å². The zero-order chi connectivity index (χ0) is 13.7. The number of nitrogens with zero attached hydrogens (tertiary/aromatic N) is 1. The third kappa shape index (κ3) is 3.56. The van der Waals surface area contributed by atoms with Crippen molar-refractivity contribution in [3.05, 3.63) is 21.9 Å². The quantitative estimate of drug-likeness (QED) is 0.897. The Morgan fingerprint density at radius 3 is 2.89 bits per heavy atom. The van der Waals surface area contributed by atoms with Crippen LogP contribution >= 0.6 is 11.3 Å². The smallest absolute Gasteiger partial charge is 0.110 e. The number of thiophene rings is 1. The van der Waals surface area contributed by atoms with Gasteiger partial charge in [0, 0.05) is 24.1 Å². The monoisotopic (exact) mass is 278 g/mol. The molecule has 1 saturated heterocycles. The molecule has 3 nitrogen and oxygen atoms in total. The first kappa shape index (κ1) is 14.5. The molecule has 104 valence electrons. The molecule has 1 aromatic rings. The van der Waals surface area contributed by atoms with Crippen molar-refractivity contribution in [3.63, 3.8) is 0 Å². The summed E-state index contributed by atoms with van der Waals surface area (Å²) in [6, 6.07) is 6.66. The molecule has 1 aromatic heterocycles. The third-order valence-corrected chi connectivity index (χ3v) is 5.11. The highest BCUT2D eigenvalue weighted by Gasteiger charge is 2.34. The lowest BCUT2D eigenvalue weighted by molar-refractivity contribution is -0.0931. The fraction of sp³-hybridized carbons (Fsp3) is 0.667. The van der Waals surface area contributed by atoms with Crippen LogP contribution in [0.15, 0.2) is 12.1 Å². The van der Waals surface area contributed by atoms with Crippen molar-refractivity contribution in [2.24, 2.45) is 0 Å². The molecular weight excluding hydrogens is 256 g/mol. The van der Waals surface area contributed by atoms with Gasteiger partial charge in [-0.1, -0.05) is 13.8 Å². The van der Waals surface area contributed by atoms with Crippen LogP contribution in [0, 0.1) is 11.3 Å². The van der Waals surface area contributed by atoms with Crippen molar-refractivity contribution in [2.45, 2.75) is 57.7 Å². The van der Waals surface area contributed by atoms with E-state index in [1.807, 2.05) is 12.1 Å². The molecule has 2 heterocycles. The fourth-order valence-corrected chi connectivity index (χ4v) is 3.48. The maximum Gasteiger partial charge on any atom is 0.110 e. The minimum Gasteiger partial charge on any atom is -0.375 e. The lowest BCUT2D eigenvalue weighted by Gasteiger charge is -2.40. The van der Waals surface area contributed by atoms with Gasteiger partial charge in [-0.05, 0) is 37.8 Å². The minimum atomic E-state index is 0.0726. The molecule has 0 amide bonds. The Morgan fingerprint density at radius 2 is 2.26 bits per heavy atom. The first-order chi connectivity index (χ1) is 9.21. The average molecular weight is 278 g/mol. The van der Waals surface area contributed by atoms with E-state index in [2.05, 4.69) is 25.2 Å². The molecule has 0 aliphatic carbocycles. The van der Waals surface area contributed by atoms with E-state index in [4.69, 9.17) is 10.00 Å². The Kier molecular flexibility index (Phi) is 4.98. The summed E-state index contributed by atoms with van der Waals surface area (Å²) in [7, 11) is 0. The van der Waals surface area contributed by atoms with Gasteiger partial charge >= 0.3 is 0 Å². The van der Waals surface area contributed by atoms with Gasteiger partial charge < -0.3 is 10.1 Å². The van der Waals surface area contributed by atoms with Crippen LogP contribution < -0.4 is 5.32 Å². The van der Waals surface area contributed by atoms with E-state index in [1.165, 1.54) is 4.88 Å². The lowest BCUT2D eigenvalue weighted by Crippen LogP contribution is -2.46. The summed E-state index contributed by atoms with van der Waals surface area (Å²) in [4.78, 5) is 2.03. The van der Waals surface area contributed by atoms with Crippen LogP contribution in [0.25, 0.3) is 0 Å². The Bertz CT molecular complexity index is 445. The number of rotatable bonds is 5. The SMILES string of the molecule is CCC1(CC)CC(NCc2ccc(C#N)s2)CCO1.